The van der Waals surface area contributed by atoms with Crippen LogP contribution in [-0.2, 0) is 4.79 Å². The molecule has 24 heavy (non-hydrogen) atoms. The van der Waals surface area contributed by atoms with Gasteiger partial charge in [-0.2, -0.15) is 0 Å². The summed E-state index contributed by atoms with van der Waals surface area (Å²) >= 11 is 7.34. The van der Waals surface area contributed by atoms with Gasteiger partial charge in [-0.05, 0) is 36.4 Å². The summed E-state index contributed by atoms with van der Waals surface area (Å²) in [5, 5.41) is 2.65. The Morgan fingerprint density at radius 1 is 1.12 bits per heavy atom. The first-order chi connectivity index (χ1) is 11.5. The Morgan fingerprint density at radius 3 is 2.50 bits per heavy atom. The highest BCUT2D eigenvalue weighted by molar-refractivity contribution is 7.19. The van der Waals surface area contributed by atoms with Gasteiger partial charge in [0.1, 0.15) is 5.75 Å². The Hall–Kier alpha value is -2.57. The molecule has 0 radical (unpaired) electrons. The second-order valence-electron chi connectivity index (χ2n) is 4.98. The van der Waals surface area contributed by atoms with E-state index in [1.54, 1.807) is 42.7 Å². The predicted molar refractivity (Wildman–Crippen MR) is 94.8 cm³/mol. The monoisotopic (exact) mass is 360 g/mol. The Kier molecular flexibility index (Phi) is 4.69. The van der Waals surface area contributed by atoms with Crippen LogP contribution in [0.15, 0.2) is 48.8 Å². The molecular weight excluding hydrogens is 348 g/mol. The number of ether oxygens (including phenoxy) is 1. The van der Waals surface area contributed by atoms with Crippen LogP contribution in [0.2, 0.25) is 4.34 Å². The summed E-state index contributed by atoms with van der Waals surface area (Å²) < 4.78 is 6.04. The van der Waals surface area contributed by atoms with Crippen molar-refractivity contribution in [1.82, 2.24) is 4.98 Å². The summed E-state index contributed by atoms with van der Waals surface area (Å²) in [6.07, 6.45) is 3.33. The van der Waals surface area contributed by atoms with E-state index in [1.807, 2.05) is 6.07 Å². The van der Waals surface area contributed by atoms with Crippen molar-refractivity contribution in [2.75, 3.05) is 5.32 Å². The molecule has 1 amide bonds. The quantitative estimate of drug-likeness (QED) is 0.528. The number of nitrogens with one attached hydrogen (secondary N) is 2. The highest BCUT2D eigenvalue weighted by Crippen LogP contribution is 2.33. The molecule has 0 aliphatic rings. The summed E-state index contributed by atoms with van der Waals surface area (Å²) in [5.41, 5.74) is 1.81. The number of rotatable bonds is 4. The fourth-order valence-electron chi connectivity index (χ4n) is 2.17. The largest absolute Gasteiger partial charge is 0.423 e. The van der Waals surface area contributed by atoms with Crippen molar-refractivity contribution >= 4 is 40.5 Å². The third kappa shape index (κ3) is 3.67. The molecule has 0 atom stereocenters. The second-order valence-corrected chi connectivity index (χ2v) is 6.70. The molecule has 3 aromatic rings. The molecule has 2 N–H and O–H groups in total. The molecule has 2 aromatic heterocycles. The predicted octanol–water partition coefficient (Wildman–Crippen LogP) is 4.57. The van der Waals surface area contributed by atoms with Crippen LogP contribution in [0.4, 0.5) is 5.69 Å². The Balaban J connectivity index is 1.76. The van der Waals surface area contributed by atoms with Crippen LogP contribution in [0.1, 0.15) is 17.3 Å². The number of amides is 1. The van der Waals surface area contributed by atoms with E-state index in [0.717, 1.165) is 10.4 Å². The number of benzene rings is 1. The number of esters is 1. The molecular formula is C17H13ClN2O3S. The average molecular weight is 361 g/mol. The molecule has 7 heteroatoms. The highest BCUT2D eigenvalue weighted by Gasteiger charge is 2.17. The van der Waals surface area contributed by atoms with Crippen LogP contribution in [0.25, 0.3) is 10.4 Å². The van der Waals surface area contributed by atoms with Crippen molar-refractivity contribution < 1.29 is 14.3 Å². The molecule has 0 unspecified atom stereocenters. The molecule has 1 aromatic carbocycles. The van der Waals surface area contributed by atoms with Gasteiger partial charge in [0.15, 0.2) is 0 Å². The Bertz CT molecular complexity index is 883. The van der Waals surface area contributed by atoms with E-state index in [2.05, 4.69) is 10.3 Å². The van der Waals surface area contributed by atoms with E-state index in [9.17, 15) is 9.59 Å². The first-order valence-corrected chi connectivity index (χ1v) is 8.24. The molecule has 5 nitrogen and oxygen atoms in total. The maximum Gasteiger partial charge on any atom is 0.345 e. The number of carbonyl (C=O) groups is 2. The standard InChI is InChI=1S/C17H13ClN2O3S/c1-10(21)20-11-2-4-12(5-3-11)23-17(22)14-9-19-8-13(14)15-6-7-16(18)24-15/h2-9,19H,1H3,(H,20,21). The van der Waals surface area contributed by atoms with Gasteiger partial charge < -0.3 is 15.0 Å². The molecule has 3 rings (SSSR count). The SMILES string of the molecule is CC(=O)Nc1ccc(OC(=O)c2c[nH]cc2-c2ccc(Cl)s2)cc1. The van der Waals surface area contributed by atoms with Crippen molar-refractivity contribution in [1.29, 1.82) is 0 Å². The molecule has 0 aliphatic carbocycles. The molecule has 0 saturated carbocycles. The van der Waals surface area contributed by atoms with Gasteiger partial charge >= 0.3 is 5.97 Å². The van der Waals surface area contributed by atoms with Gasteiger partial charge in [-0.1, -0.05) is 11.6 Å². The zero-order valence-corrected chi connectivity index (χ0v) is 14.2. The number of hydrogen-bond donors (Lipinski definition) is 2. The van der Waals surface area contributed by atoms with Crippen LogP contribution in [0.3, 0.4) is 0 Å². The Labute approximate surface area is 147 Å². The normalized spacial score (nSPS) is 10.4. The van der Waals surface area contributed by atoms with E-state index >= 15 is 0 Å². The molecule has 0 spiro atoms. The molecule has 2 heterocycles. The minimum Gasteiger partial charge on any atom is -0.423 e. The zero-order valence-electron chi connectivity index (χ0n) is 12.6. The van der Waals surface area contributed by atoms with Crippen LogP contribution < -0.4 is 10.1 Å². The number of H-pyrrole nitrogens is 1. The minimum absolute atomic E-state index is 0.161. The third-order valence-corrected chi connectivity index (χ3v) is 4.45. The van der Waals surface area contributed by atoms with Crippen LogP contribution in [0.5, 0.6) is 5.75 Å². The minimum atomic E-state index is -0.469. The van der Waals surface area contributed by atoms with Crippen LogP contribution in [0, 0.1) is 0 Å². The number of halogens is 1. The smallest absolute Gasteiger partial charge is 0.345 e. The number of hydrogen-bond acceptors (Lipinski definition) is 4. The number of thiophene rings is 1. The third-order valence-electron chi connectivity index (χ3n) is 3.19. The highest BCUT2D eigenvalue weighted by atomic mass is 35.5. The number of aromatic nitrogens is 1. The van der Waals surface area contributed by atoms with Gasteiger partial charge in [-0.25, -0.2) is 4.79 Å². The fourth-order valence-corrected chi connectivity index (χ4v) is 3.24. The summed E-state index contributed by atoms with van der Waals surface area (Å²) in [4.78, 5) is 27.2. The lowest BCUT2D eigenvalue weighted by Crippen LogP contribution is -2.09. The number of carbonyl (C=O) groups excluding carboxylic acids is 2. The fraction of sp³-hybridized carbons (Fsp3) is 0.0588. The molecule has 0 bridgehead atoms. The molecule has 0 aliphatic heterocycles. The van der Waals surface area contributed by atoms with Crippen LogP contribution in [-0.4, -0.2) is 16.9 Å². The zero-order chi connectivity index (χ0) is 17.1. The number of anilines is 1. The average Bonchev–Trinajstić information content (AvgIpc) is 3.17. The van der Waals surface area contributed by atoms with Gasteiger partial charge in [0.2, 0.25) is 5.91 Å². The summed E-state index contributed by atoms with van der Waals surface area (Å²) in [7, 11) is 0. The summed E-state index contributed by atoms with van der Waals surface area (Å²) in [6.45, 7) is 1.43. The maximum absolute atomic E-state index is 12.4. The van der Waals surface area contributed by atoms with Crippen molar-refractivity contribution in [3.05, 3.63) is 58.7 Å². The van der Waals surface area contributed by atoms with Crippen molar-refractivity contribution in [3.8, 4) is 16.2 Å². The summed E-state index contributed by atoms with van der Waals surface area (Å²) in [6, 6.07) is 10.2. The lowest BCUT2D eigenvalue weighted by atomic mass is 10.1. The van der Waals surface area contributed by atoms with E-state index in [4.69, 9.17) is 16.3 Å². The van der Waals surface area contributed by atoms with Gasteiger partial charge in [-0.3, -0.25) is 4.79 Å². The van der Waals surface area contributed by atoms with E-state index in [1.165, 1.54) is 18.3 Å². The molecule has 122 valence electrons. The van der Waals surface area contributed by atoms with Gasteiger partial charge in [0.25, 0.3) is 0 Å². The lowest BCUT2D eigenvalue weighted by Gasteiger charge is -2.06. The van der Waals surface area contributed by atoms with Crippen molar-refractivity contribution in [2.24, 2.45) is 0 Å². The first-order valence-electron chi connectivity index (χ1n) is 7.05. The van der Waals surface area contributed by atoms with Crippen molar-refractivity contribution in [3.63, 3.8) is 0 Å². The second kappa shape index (κ2) is 6.90. The van der Waals surface area contributed by atoms with Crippen LogP contribution >= 0.6 is 22.9 Å². The lowest BCUT2D eigenvalue weighted by molar-refractivity contribution is -0.114. The first kappa shape index (κ1) is 16.3. The molecule has 0 fully saturated rings. The summed E-state index contributed by atoms with van der Waals surface area (Å²) in [5.74, 6) is -0.236. The molecule has 0 saturated heterocycles. The topological polar surface area (TPSA) is 71.2 Å². The van der Waals surface area contributed by atoms with E-state index in [0.29, 0.717) is 21.3 Å². The maximum atomic E-state index is 12.4. The van der Waals surface area contributed by atoms with E-state index in [-0.39, 0.29) is 5.91 Å². The van der Waals surface area contributed by atoms with Gasteiger partial charge in [-0.15, -0.1) is 11.3 Å². The van der Waals surface area contributed by atoms with Crippen molar-refractivity contribution in [2.45, 2.75) is 6.92 Å². The Morgan fingerprint density at radius 2 is 1.88 bits per heavy atom. The number of aromatic amines is 1. The van der Waals surface area contributed by atoms with Gasteiger partial charge in [0.05, 0.1) is 9.90 Å². The van der Waals surface area contributed by atoms with E-state index < -0.39 is 5.97 Å². The van der Waals surface area contributed by atoms with Gasteiger partial charge in [0, 0.05) is 35.4 Å².